The molecule has 0 radical (unpaired) electrons. The van der Waals surface area contributed by atoms with E-state index in [1.807, 2.05) is 6.92 Å². The van der Waals surface area contributed by atoms with Crippen LogP contribution in [0.15, 0.2) is 27.8 Å². The summed E-state index contributed by atoms with van der Waals surface area (Å²) in [5.41, 5.74) is 0.703. The molecule has 20 heavy (non-hydrogen) atoms. The van der Waals surface area contributed by atoms with Crippen LogP contribution in [0.3, 0.4) is 0 Å². The van der Waals surface area contributed by atoms with Gasteiger partial charge in [0.2, 0.25) is 0 Å². The summed E-state index contributed by atoms with van der Waals surface area (Å²) in [5.74, 6) is 0.434. The second-order valence-electron chi connectivity index (χ2n) is 4.02. The van der Waals surface area contributed by atoms with Crippen molar-refractivity contribution in [1.29, 1.82) is 0 Å². The topological polar surface area (TPSA) is 64.8 Å². The molecule has 2 aromatic rings. The quantitative estimate of drug-likeness (QED) is 0.736. The van der Waals surface area contributed by atoms with Gasteiger partial charge in [0.15, 0.2) is 5.82 Å². The minimum Gasteiger partial charge on any atom is -0.297 e. The van der Waals surface area contributed by atoms with Crippen LogP contribution in [0.5, 0.6) is 0 Å². The lowest BCUT2D eigenvalue weighted by atomic mass is 10.2. The first-order chi connectivity index (χ1) is 9.34. The van der Waals surface area contributed by atoms with Gasteiger partial charge in [0, 0.05) is 27.3 Å². The molecule has 0 unspecified atom stereocenters. The largest absolute Gasteiger partial charge is 0.297 e. The van der Waals surface area contributed by atoms with Crippen LogP contribution >= 0.6 is 38.2 Å². The monoisotopic (exact) mass is 397 g/mol. The molecule has 108 valence electrons. The van der Waals surface area contributed by atoms with Crippen molar-refractivity contribution >= 4 is 47.3 Å². The third-order valence-electron chi connectivity index (χ3n) is 2.56. The van der Waals surface area contributed by atoms with Crippen LogP contribution < -0.4 is 0 Å². The SMILES string of the molecule is CCCn1c(-c2ccc(Cl)c(Br)c2)nnc1S(=O)(=O)Cl. The molecule has 0 saturated heterocycles. The van der Waals surface area contributed by atoms with Crippen LogP contribution in [0.25, 0.3) is 11.4 Å². The van der Waals surface area contributed by atoms with E-state index in [4.69, 9.17) is 22.3 Å². The highest BCUT2D eigenvalue weighted by Crippen LogP contribution is 2.29. The number of aromatic nitrogens is 3. The predicted octanol–water partition coefficient (Wildman–Crippen LogP) is 3.70. The average Bonchev–Trinajstić information content (AvgIpc) is 2.77. The van der Waals surface area contributed by atoms with E-state index >= 15 is 0 Å². The van der Waals surface area contributed by atoms with E-state index in [9.17, 15) is 8.42 Å². The van der Waals surface area contributed by atoms with Gasteiger partial charge < -0.3 is 0 Å². The lowest BCUT2D eigenvalue weighted by Crippen LogP contribution is -2.07. The second kappa shape index (κ2) is 6.01. The minimum absolute atomic E-state index is 0.248. The van der Waals surface area contributed by atoms with Crippen LogP contribution in [0.2, 0.25) is 5.02 Å². The molecule has 0 atom stereocenters. The fraction of sp³-hybridized carbons (Fsp3) is 0.273. The molecule has 9 heteroatoms. The molecule has 0 N–H and O–H groups in total. The molecule has 1 aromatic carbocycles. The molecular formula is C11H10BrCl2N3O2S. The van der Waals surface area contributed by atoms with Gasteiger partial charge in [-0.2, -0.15) is 0 Å². The van der Waals surface area contributed by atoms with Crippen molar-refractivity contribution in [3.63, 3.8) is 0 Å². The van der Waals surface area contributed by atoms with Gasteiger partial charge >= 0.3 is 0 Å². The summed E-state index contributed by atoms with van der Waals surface area (Å²) in [4.78, 5) is 0. The number of halogens is 3. The maximum Gasteiger partial charge on any atom is 0.296 e. The van der Waals surface area contributed by atoms with Crippen molar-refractivity contribution in [3.05, 3.63) is 27.7 Å². The Morgan fingerprint density at radius 1 is 1.35 bits per heavy atom. The molecule has 0 aliphatic heterocycles. The summed E-state index contributed by atoms with van der Waals surface area (Å²) in [5, 5.41) is 7.91. The second-order valence-corrected chi connectivity index (χ2v) is 7.75. The smallest absolute Gasteiger partial charge is 0.296 e. The van der Waals surface area contributed by atoms with Crippen LogP contribution in [0.1, 0.15) is 13.3 Å². The lowest BCUT2D eigenvalue weighted by molar-refractivity contribution is 0.570. The van der Waals surface area contributed by atoms with E-state index in [1.165, 1.54) is 4.57 Å². The molecule has 1 aromatic heterocycles. The number of hydrogen-bond acceptors (Lipinski definition) is 4. The van der Waals surface area contributed by atoms with Gasteiger partial charge in [-0.25, -0.2) is 8.42 Å². The first kappa shape index (κ1) is 15.8. The third-order valence-corrected chi connectivity index (χ3v) is 4.93. The summed E-state index contributed by atoms with van der Waals surface area (Å²) in [6, 6.07) is 5.19. The standard InChI is InChI=1S/C11H10BrCl2N3O2S/c1-2-5-17-10(15-16-11(17)20(14,18)19)7-3-4-9(13)8(12)6-7/h3-4,6H,2,5H2,1H3. The van der Waals surface area contributed by atoms with Crippen LogP contribution in [-0.4, -0.2) is 23.2 Å². The van der Waals surface area contributed by atoms with E-state index in [1.54, 1.807) is 18.2 Å². The first-order valence-corrected chi connectivity index (χ1v) is 9.16. The van der Waals surface area contributed by atoms with Gasteiger partial charge in [0.05, 0.1) is 5.02 Å². The molecular weight excluding hydrogens is 389 g/mol. The average molecular weight is 399 g/mol. The van der Waals surface area contributed by atoms with Gasteiger partial charge in [-0.1, -0.05) is 18.5 Å². The number of nitrogens with zero attached hydrogens (tertiary/aromatic N) is 3. The van der Waals surface area contributed by atoms with Gasteiger partial charge in [0.25, 0.3) is 14.2 Å². The summed E-state index contributed by atoms with van der Waals surface area (Å²) in [7, 11) is 1.44. The molecule has 0 aliphatic rings. The zero-order valence-corrected chi connectivity index (χ0v) is 14.3. The molecule has 0 fully saturated rings. The molecule has 0 aliphatic carbocycles. The van der Waals surface area contributed by atoms with Crippen molar-refractivity contribution < 1.29 is 8.42 Å². The normalized spacial score (nSPS) is 11.8. The highest BCUT2D eigenvalue weighted by Gasteiger charge is 2.23. The van der Waals surface area contributed by atoms with Crippen molar-refractivity contribution in [1.82, 2.24) is 14.8 Å². The number of hydrogen-bond donors (Lipinski definition) is 0. The Morgan fingerprint density at radius 2 is 2.05 bits per heavy atom. The zero-order valence-electron chi connectivity index (χ0n) is 10.3. The van der Waals surface area contributed by atoms with Crippen molar-refractivity contribution in [2.75, 3.05) is 0 Å². The van der Waals surface area contributed by atoms with Crippen LogP contribution in [0.4, 0.5) is 0 Å². The Morgan fingerprint density at radius 3 is 2.60 bits per heavy atom. The highest BCUT2D eigenvalue weighted by molar-refractivity contribution is 9.10. The highest BCUT2D eigenvalue weighted by atomic mass is 79.9. The zero-order chi connectivity index (χ0) is 14.9. The summed E-state index contributed by atoms with van der Waals surface area (Å²) in [6.07, 6.45) is 0.721. The van der Waals surface area contributed by atoms with E-state index in [2.05, 4.69) is 26.1 Å². The van der Waals surface area contributed by atoms with Crippen LogP contribution in [0, 0.1) is 0 Å². The minimum atomic E-state index is -3.94. The van der Waals surface area contributed by atoms with E-state index in [0.29, 0.717) is 27.4 Å². The summed E-state index contributed by atoms with van der Waals surface area (Å²) >= 11 is 9.26. The van der Waals surface area contributed by atoms with Crippen molar-refractivity contribution in [2.24, 2.45) is 0 Å². The fourth-order valence-electron chi connectivity index (χ4n) is 1.74. The van der Waals surface area contributed by atoms with E-state index in [0.717, 1.165) is 6.42 Å². The Hall–Kier alpha value is -0.630. The number of rotatable bonds is 4. The Balaban J connectivity index is 2.62. The molecule has 0 spiro atoms. The summed E-state index contributed by atoms with van der Waals surface area (Å²) in [6.45, 7) is 2.37. The molecule has 0 saturated carbocycles. The van der Waals surface area contributed by atoms with Gasteiger partial charge in [0.1, 0.15) is 0 Å². The third kappa shape index (κ3) is 3.16. The maximum atomic E-state index is 11.5. The van der Waals surface area contributed by atoms with E-state index < -0.39 is 9.05 Å². The van der Waals surface area contributed by atoms with Gasteiger partial charge in [-0.05, 0) is 40.5 Å². The molecule has 1 heterocycles. The van der Waals surface area contributed by atoms with Crippen molar-refractivity contribution in [3.8, 4) is 11.4 Å². The van der Waals surface area contributed by atoms with Gasteiger partial charge in [-0.15, -0.1) is 10.2 Å². The molecule has 0 bridgehead atoms. The van der Waals surface area contributed by atoms with E-state index in [-0.39, 0.29) is 5.16 Å². The fourth-order valence-corrected chi connectivity index (χ4v) is 3.16. The maximum absolute atomic E-state index is 11.5. The Labute approximate surface area is 134 Å². The Kier molecular flexibility index (Phi) is 4.73. The van der Waals surface area contributed by atoms with Gasteiger partial charge in [-0.3, -0.25) is 4.57 Å². The predicted molar refractivity (Wildman–Crippen MR) is 81.5 cm³/mol. The van der Waals surface area contributed by atoms with Crippen LogP contribution in [-0.2, 0) is 15.6 Å². The molecule has 0 amide bonds. The molecule has 2 rings (SSSR count). The lowest BCUT2D eigenvalue weighted by Gasteiger charge is -2.08. The summed E-state index contributed by atoms with van der Waals surface area (Å²) < 4.78 is 25.2. The Bertz CT molecular complexity index is 746. The molecule has 5 nitrogen and oxygen atoms in total. The first-order valence-electron chi connectivity index (χ1n) is 5.68. The number of benzene rings is 1. The van der Waals surface area contributed by atoms with Crippen molar-refractivity contribution in [2.45, 2.75) is 25.0 Å².